The van der Waals surface area contributed by atoms with E-state index in [9.17, 15) is 4.79 Å². The Labute approximate surface area is 122 Å². The molecule has 1 fully saturated rings. The fourth-order valence-electron chi connectivity index (χ4n) is 2.33. The molecular formula is C15H17N3O3. The number of H-pyrrole nitrogens is 1. The van der Waals surface area contributed by atoms with Gasteiger partial charge in [0, 0.05) is 31.4 Å². The first-order valence-electron chi connectivity index (χ1n) is 6.85. The Kier molecular flexibility index (Phi) is 3.87. The van der Waals surface area contributed by atoms with Gasteiger partial charge in [-0.3, -0.25) is 14.8 Å². The zero-order chi connectivity index (χ0) is 14.7. The summed E-state index contributed by atoms with van der Waals surface area (Å²) in [5, 5.41) is 15.4. The number of nitrogens with zero attached hydrogens (tertiary/aromatic N) is 2. The van der Waals surface area contributed by atoms with Gasteiger partial charge >= 0.3 is 5.97 Å². The largest absolute Gasteiger partial charge is 0.489 e. The molecule has 110 valence electrons. The zero-order valence-corrected chi connectivity index (χ0v) is 11.5. The van der Waals surface area contributed by atoms with E-state index >= 15 is 0 Å². The Bertz CT molecular complexity index is 589. The van der Waals surface area contributed by atoms with Crippen molar-refractivity contribution in [3.05, 3.63) is 47.8 Å². The van der Waals surface area contributed by atoms with E-state index in [0.717, 1.165) is 23.4 Å². The second kappa shape index (κ2) is 5.97. The number of aliphatic carboxylic acids is 1. The van der Waals surface area contributed by atoms with Crippen LogP contribution in [0.3, 0.4) is 0 Å². The Morgan fingerprint density at radius 1 is 1.33 bits per heavy atom. The van der Waals surface area contributed by atoms with E-state index in [0.29, 0.717) is 19.7 Å². The molecule has 1 aliphatic rings. The number of likely N-dealkylation sites (tertiary alicyclic amines) is 1. The molecule has 1 aromatic heterocycles. The molecule has 6 nitrogen and oxygen atoms in total. The fraction of sp³-hybridized carbons (Fsp3) is 0.333. The molecule has 0 atom stereocenters. The number of carbonyl (C=O) groups is 1. The van der Waals surface area contributed by atoms with Crippen LogP contribution in [0.4, 0.5) is 0 Å². The molecule has 3 rings (SSSR count). The molecule has 0 aliphatic carbocycles. The van der Waals surface area contributed by atoms with Crippen molar-refractivity contribution < 1.29 is 14.6 Å². The van der Waals surface area contributed by atoms with Crippen molar-refractivity contribution in [3.63, 3.8) is 0 Å². The van der Waals surface area contributed by atoms with Crippen LogP contribution in [0.2, 0.25) is 0 Å². The molecular weight excluding hydrogens is 270 g/mol. The molecule has 1 aliphatic heterocycles. The molecule has 0 saturated carbocycles. The lowest BCUT2D eigenvalue weighted by Gasteiger charge is -2.36. The van der Waals surface area contributed by atoms with Crippen LogP contribution in [0.5, 0.6) is 5.75 Å². The summed E-state index contributed by atoms with van der Waals surface area (Å²) in [7, 11) is 0. The van der Waals surface area contributed by atoms with E-state index in [4.69, 9.17) is 9.84 Å². The van der Waals surface area contributed by atoms with Gasteiger partial charge < -0.3 is 9.84 Å². The molecule has 0 bridgehead atoms. The summed E-state index contributed by atoms with van der Waals surface area (Å²) in [6.07, 6.45) is 3.54. The van der Waals surface area contributed by atoms with Crippen molar-refractivity contribution >= 4 is 5.97 Å². The second-order valence-electron chi connectivity index (χ2n) is 5.27. The van der Waals surface area contributed by atoms with Crippen molar-refractivity contribution in [2.75, 3.05) is 13.1 Å². The molecule has 6 heteroatoms. The molecule has 0 spiro atoms. The Morgan fingerprint density at radius 2 is 2.10 bits per heavy atom. The summed E-state index contributed by atoms with van der Waals surface area (Å²) in [6.45, 7) is 2.54. The number of carboxylic acids is 1. The van der Waals surface area contributed by atoms with Crippen molar-refractivity contribution in [3.8, 4) is 5.75 Å². The van der Waals surface area contributed by atoms with Crippen LogP contribution in [0.15, 0.2) is 36.7 Å². The Balaban J connectivity index is 1.47. The van der Waals surface area contributed by atoms with Crippen LogP contribution in [0.1, 0.15) is 11.1 Å². The Morgan fingerprint density at radius 3 is 2.71 bits per heavy atom. The average Bonchev–Trinajstić information content (AvgIpc) is 2.94. The van der Waals surface area contributed by atoms with Crippen molar-refractivity contribution in [1.29, 1.82) is 0 Å². The highest BCUT2D eigenvalue weighted by molar-refractivity contribution is 5.71. The lowest BCUT2D eigenvalue weighted by Crippen LogP contribution is -2.49. The SMILES string of the molecule is O=C(O)C1CN(Cc2ccc(OCc3cn[nH]c3)cc2)C1. The molecule has 1 aromatic carbocycles. The monoisotopic (exact) mass is 287 g/mol. The summed E-state index contributed by atoms with van der Waals surface area (Å²) >= 11 is 0. The predicted octanol–water partition coefficient (Wildman–Crippen LogP) is 1.51. The standard InChI is InChI=1S/C15H17N3O3/c19-15(20)13-8-18(9-13)7-11-1-3-14(4-2-11)21-10-12-5-16-17-6-12/h1-6,13H,7-10H2,(H,16,17)(H,19,20). The lowest BCUT2D eigenvalue weighted by atomic mass is 10.00. The maximum Gasteiger partial charge on any atom is 0.309 e. The maximum absolute atomic E-state index is 10.7. The minimum atomic E-state index is -0.700. The van der Waals surface area contributed by atoms with Gasteiger partial charge in [0.2, 0.25) is 0 Å². The van der Waals surface area contributed by atoms with E-state index in [1.54, 1.807) is 12.4 Å². The van der Waals surface area contributed by atoms with Crippen molar-refractivity contribution in [1.82, 2.24) is 15.1 Å². The van der Waals surface area contributed by atoms with Gasteiger partial charge in [0.1, 0.15) is 12.4 Å². The summed E-state index contributed by atoms with van der Waals surface area (Å²) in [6, 6.07) is 7.89. The van der Waals surface area contributed by atoms with Gasteiger partial charge in [-0.05, 0) is 17.7 Å². The molecule has 0 unspecified atom stereocenters. The van der Waals surface area contributed by atoms with Gasteiger partial charge in [0.15, 0.2) is 0 Å². The lowest BCUT2D eigenvalue weighted by molar-refractivity contribution is -0.147. The van der Waals surface area contributed by atoms with Crippen LogP contribution < -0.4 is 4.74 Å². The third-order valence-electron chi connectivity index (χ3n) is 3.60. The molecule has 2 aromatic rings. The number of aromatic nitrogens is 2. The highest BCUT2D eigenvalue weighted by Crippen LogP contribution is 2.20. The second-order valence-corrected chi connectivity index (χ2v) is 5.27. The van der Waals surface area contributed by atoms with E-state index in [2.05, 4.69) is 15.1 Å². The number of nitrogens with one attached hydrogen (secondary N) is 1. The highest BCUT2D eigenvalue weighted by Gasteiger charge is 2.31. The number of ether oxygens (including phenoxy) is 1. The number of hydrogen-bond donors (Lipinski definition) is 2. The average molecular weight is 287 g/mol. The number of hydrogen-bond acceptors (Lipinski definition) is 4. The first-order valence-corrected chi connectivity index (χ1v) is 6.85. The van der Waals surface area contributed by atoms with Gasteiger partial charge in [-0.25, -0.2) is 0 Å². The summed E-state index contributed by atoms with van der Waals surface area (Å²) in [4.78, 5) is 12.9. The highest BCUT2D eigenvalue weighted by atomic mass is 16.5. The number of carboxylic acid groups (broad SMARTS) is 1. The van der Waals surface area contributed by atoms with Gasteiger partial charge in [-0.2, -0.15) is 5.10 Å². The summed E-state index contributed by atoms with van der Waals surface area (Å²) in [5.41, 5.74) is 2.16. The number of benzene rings is 1. The molecule has 1 saturated heterocycles. The van der Waals surface area contributed by atoms with Gasteiger partial charge in [-0.15, -0.1) is 0 Å². The van der Waals surface area contributed by atoms with E-state index in [1.165, 1.54) is 0 Å². The van der Waals surface area contributed by atoms with E-state index < -0.39 is 5.97 Å². The quantitative estimate of drug-likeness (QED) is 0.842. The summed E-state index contributed by atoms with van der Waals surface area (Å²) in [5.74, 6) is -0.0937. The minimum absolute atomic E-state index is 0.206. The van der Waals surface area contributed by atoms with E-state index in [-0.39, 0.29) is 5.92 Å². The van der Waals surface area contributed by atoms with Crippen LogP contribution in [0.25, 0.3) is 0 Å². The predicted molar refractivity (Wildman–Crippen MR) is 75.8 cm³/mol. The zero-order valence-electron chi connectivity index (χ0n) is 11.5. The molecule has 2 heterocycles. The van der Waals surface area contributed by atoms with Gasteiger partial charge in [0.05, 0.1) is 12.1 Å². The molecule has 2 N–H and O–H groups in total. The number of rotatable bonds is 6. The molecule has 21 heavy (non-hydrogen) atoms. The van der Waals surface area contributed by atoms with Gasteiger partial charge in [-0.1, -0.05) is 12.1 Å². The molecule has 0 amide bonds. The Hall–Kier alpha value is -2.34. The van der Waals surface area contributed by atoms with Crippen molar-refractivity contribution in [2.24, 2.45) is 5.92 Å². The van der Waals surface area contributed by atoms with Gasteiger partial charge in [0.25, 0.3) is 0 Å². The first kappa shape index (κ1) is 13.6. The van der Waals surface area contributed by atoms with Crippen LogP contribution in [-0.4, -0.2) is 39.3 Å². The topological polar surface area (TPSA) is 78.4 Å². The van der Waals surface area contributed by atoms with E-state index in [1.807, 2.05) is 24.3 Å². The smallest absolute Gasteiger partial charge is 0.309 e. The maximum atomic E-state index is 10.7. The third kappa shape index (κ3) is 3.41. The normalized spacial score (nSPS) is 15.6. The van der Waals surface area contributed by atoms with Crippen LogP contribution >= 0.6 is 0 Å². The fourth-order valence-corrected chi connectivity index (χ4v) is 2.33. The third-order valence-corrected chi connectivity index (χ3v) is 3.60. The number of aromatic amines is 1. The first-order chi connectivity index (χ1) is 10.2. The van der Waals surface area contributed by atoms with Crippen molar-refractivity contribution in [2.45, 2.75) is 13.2 Å². The molecule has 0 radical (unpaired) electrons. The minimum Gasteiger partial charge on any atom is -0.489 e. The van der Waals surface area contributed by atoms with Crippen LogP contribution in [-0.2, 0) is 17.9 Å². The van der Waals surface area contributed by atoms with Crippen LogP contribution in [0, 0.1) is 5.92 Å². The summed E-state index contributed by atoms with van der Waals surface area (Å²) < 4.78 is 5.65.